The average molecular weight is 208 g/mol. The number of ketones is 1. The number of thioether (sulfide) groups is 1. The molecule has 0 amide bonds. The van der Waals surface area contributed by atoms with Crippen molar-refractivity contribution in [3.63, 3.8) is 0 Å². The SMILES string of the molecule is C=C1CCC(=O)CSC2=C1CCCC2. The van der Waals surface area contributed by atoms with E-state index in [1.165, 1.54) is 41.7 Å². The lowest BCUT2D eigenvalue weighted by molar-refractivity contribution is -0.116. The number of hydrogen-bond acceptors (Lipinski definition) is 2. The van der Waals surface area contributed by atoms with Gasteiger partial charge in [-0.3, -0.25) is 4.79 Å². The summed E-state index contributed by atoms with van der Waals surface area (Å²) in [4.78, 5) is 12.8. The van der Waals surface area contributed by atoms with Gasteiger partial charge in [-0.25, -0.2) is 0 Å². The minimum atomic E-state index is 0.383. The molecule has 0 aromatic heterocycles. The number of Topliss-reactive ketones (excluding diaryl/α,β-unsaturated/α-hetero) is 1. The summed E-state index contributed by atoms with van der Waals surface area (Å²) in [6.45, 7) is 4.11. The van der Waals surface area contributed by atoms with Crippen LogP contribution in [0.2, 0.25) is 0 Å². The highest BCUT2D eigenvalue weighted by Gasteiger charge is 2.19. The van der Waals surface area contributed by atoms with Crippen LogP contribution in [-0.2, 0) is 4.79 Å². The van der Waals surface area contributed by atoms with Crippen molar-refractivity contribution in [2.45, 2.75) is 38.5 Å². The van der Waals surface area contributed by atoms with Crippen molar-refractivity contribution in [3.8, 4) is 0 Å². The van der Waals surface area contributed by atoms with Gasteiger partial charge in [0.05, 0.1) is 5.75 Å². The van der Waals surface area contributed by atoms with Crippen LogP contribution in [0.4, 0.5) is 0 Å². The van der Waals surface area contributed by atoms with Gasteiger partial charge in [-0.1, -0.05) is 12.2 Å². The van der Waals surface area contributed by atoms with E-state index in [4.69, 9.17) is 0 Å². The molecule has 2 rings (SSSR count). The summed E-state index contributed by atoms with van der Waals surface area (Å²) in [5.74, 6) is 1.07. The fraction of sp³-hybridized carbons (Fsp3) is 0.583. The standard InChI is InChI=1S/C12H16OS/c1-9-6-7-10(13)8-14-12-5-3-2-4-11(9)12/h1-8H2. The highest BCUT2D eigenvalue weighted by atomic mass is 32.2. The average Bonchev–Trinajstić information content (AvgIpc) is 2.21. The molecule has 0 N–H and O–H groups in total. The van der Waals surface area contributed by atoms with Gasteiger partial charge < -0.3 is 0 Å². The summed E-state index contributed by atoms with van der Waals surface area (Å²) in [5.41, 5.74) is 2.70. The second-order valence-electron chi connectivity index (χ2n) is 4.04. The molecule has 0 aromatic rings. The Morgan fingerprint density at radius 3 is 2.71 bits per heavy atom. The van der Waals surface area contributed by atoms with Crippen LogP contribution in [-0.4, -0.2) is 11.5 Å². The quantitative estimate of drug-likeness (QED) is 0.606. The van der Waals surface area contributed by atoms with Gasteiger partial charge in [0.2, 0.25) is 0 Å². The van der Waals surface area contributed by atoms with E-state index in [0.29, 0.717) is 18.0 Å². The lowest BCUT2D eigenvalue weighted by Crippen LogP contribution is -2.09. The lowest BCUT2D eigenvalue weighted by atomic mass is 9.91. The molecule has 0 atom stereocenters. The number of carbonyl (C=O) groups is 1. The molecule has 1 nitrogen and oxygen atoms in total. The molecule has 0 fully saturated rings. The van der Waals surface area contributed by atoms with Gasteiger partial charge in [-0.2, -0.15) is 0 Å². The first-order valence-corrected chi connectivity index (χ1v) is 6.30. The van der Waals surface area contributed by atoms with Crippen LogP contribution in [0.1, 0.15) is 38.5 Å². The predicted molar refractivity (Wildman–Crippen MR) is 61.3 cm³/mol. The van der Waals surface area contributed by atoms with E-state index in [2.05, 4.69) is 6.58 Å². The summed E-state index contributed by atoms with van der Waals surface area (Å²) in [6, 6.07) is 0. The highest BCUT2D eigenvalue weighted by Crippen LogP contribution is 2.38. The maximum atomic E-state index is 11.4. The van der Waals surface area contributed by atoms with Gasteiger partial charge in [0, 0.05) is 6.42 Å². The fourth-order valence-corrected chi connectivity index (χ4v) is 3.28. The topological polar surface area (TPSA) is 17.1 Å². The van der Waals surface area contributed by atoms with Gasteiger partial charge in [0.25, 0.3) is 0 Å². The fourth-order valence-electron chi connectivity index (χ4n) is 2.09. The van der Waals surface area contributed by atoms with E-state index in [9.17, 15) is 4.79 Å². The lowest BCUT2D eigenvalue weighted by Gasteiger charge is -2.23. The molecule has 1 heterocycles. The van der Waals surface area contributed by atoms with Crippen LogP contribution in [0, 0.1) is 0 Å². The normalized spacial score (nSPS) is 24.3. The maximum absolute atomic E-state index is 11.4. The largest absolute Gasteiger partial charge is 0.299 e. The Balaban J connectivity index is 2.23. The number of rotatable bonds is 0. The first-order chi connectivity index (χ1) is 6.77. The van der Waals surface area contributed by atoms with Crippen molar-refractivity contribution < 1.29 is 4.79 Å². The smallest absolute Gasteiger partial charge is 0.143 e. The van der Waals surface area contributed by atoms with Crippen molar-refractivity contribution in [2.75, 3.05) is 5.75 Å². The number of hydrogen-bond donors (Lipinski definition) is 0. The highest BCUT2D eigenvalue weighted by molar-refractivity contribution is 8.03. The first-order valence-electron chi connectivity index (χ1n) is 5.32. The van der Waals surface area contributed by atoms with Crippen molar-refractivity contribution in [2.24, 2.45) is 0 Å². The van der Waals surface area contributed by atoms with Crippen LogP contribution in [0.25, 0.3) is 0 Å². The zero-order valence-electron chi connectivity index (χ0n) is 8.47. The molecule has 2 heteroatoms. The molecule has 0 saturated heterocycles. The van der Waals surface area contributed by atoms with E-state index >= 15 is 0 Å². The molecule has 0 bridgehead atoms. The zero-order valence-corrected chi connectivity index (χ0v) is 9.29. The third-order valence-corrected chi connectivity index (χ3v) is 4.22. The van der Waals surface area contributed by atoms with Crippen molar-refractivity contribution in [1.82, 2.24) is 0 Å². The molecule has 1 aliphatic heterocycles. The Kier molecular flexibility index (Phi) is 3.12. The first kappa shape index (κ1) is 10.0. The number of carbonyl (C=O) groups excluding carboxylic acids is 1. The van der Waals surface area contributed by atoms with Crippen LogP contribution in [0.5, 0.6) is 0 Å². The van der Waals surface area contributed by atoms with E-state index < -0.39 is 0 Å². The summed E-state index contributed by atoms with van der Waals surface area (Å²) < 4.78 is 0. The van der Waals surface area contributed by atoms with Crippen molar-refractivity contribution >= 4 is 17.5 Å². The second-order valence-corrected chi connectivity index (χ2v) is 5.11. The Morgan fingerprint density at radius 1 is 1.07 bits per heavy atom. The molecule has 14 heavy (non-hydrogen) atoms. The van der Waals surface area contributed by atoms with E-state index in [1.54, 1.807) is 11.8 Å². The molecular formula is C12H16OS. The molecule has 0 radical (unpaired) electrons. The molecule has 76 valence electrons. The molecule has 1 aliphatic carbocycles. The van der Waals surface area contributed by atoms with Crippen LogP contribution in [0.3, 0.4) is 0 Å². The van der Waals surface area contributed by atoms with E-state index in [-0.39, 0.29) is 0 Å². The summed E-state index contributed by atoms with van der Waals surface area (Å²) in [6.07, 6.45) is 6.53. The molecular weight excluding hydrogens is 192 g/mol. The van der Waals surface area contributed by atoms with Crippen molar-refractivity contribution in [3.05, 3.63) is 22.6 Å². The van der Waals surface area contributed by atoms with Crippen LogP contribution >= 0.6 is 11.8 Å². The monoisotopic (exact) mass is 208 g/mol. The van der Waals surface area contributed by atoms with E-state index in [0.717, 1.165) is 6.42 Å². The van der Waals surface area contributed by atoms with Gasteiger partial charge in [0.1, 0.15) is 5.78 Å². The predicted octanol–water partition coefficient (Wildman–Crippen LogP) is 3.47. The van der Waals surface area contributed by atoms with Gasteiger partial charge in [0.15, 0.2) is 0 Å². The Morgan fingerprint density at radius 2 is 1.86 bits per heavy atom. The molecule has 2 aliphatic rings. The maximum Gasteiger partial charge on any atom is 0.143 e. The Hall–Kier alpha value is -0.500. The molecule has 0 aromatic carbocycles. The summed E-state index contributed by atoms with van der Waals surface area (Å²) in [7, 11) is 0. The van der Waals surface area contributed by atoms with Gasteiger partial charge >= 0.3 is 0 Å². The Labute approximate surface area is 89.6 Å². The van der Waals surface area contributed by atoms with Crippen LogP contribution < -0.4 is 0 Å². The summed E-state index contributed by atoms with van der Waals surface area (Å²) >= 11 is 1.76. The van der Waals surface area contributed by atoms with Crippen LogP contribution in [0.15, 0.2) is 22.6 Å². The minimum absolute atomic E-state index is 0.383. The number of allylic oxidation sites excluding steroid dienone is 3. The Bertz CT molecular complexity index is 301. The van der Waals surface area contributed by atoms with Crippen molar-refractivity contribution in [1.29, 1.82) is 0 Å². The minimum Gasteiger partial charge on any atom is -0.299 e. The van der Waals surface area contributed by atoms with E-state index in [1.807, 2.05) is 0 Å². The third-order valence-electron chi connectivity index (χ3n) is 2.96. The third kappa shape index (κ3) is 2.11. The van der Waals surface area contributed by atoms with Gasteiger partial charge in [-0.05, 0) is 42.6 Å². The zero-order chi connectivity index (χ0) is 9.97. The molecule has 0 saturated carbocycles. The second kappa shape index (κ2) is 4.35. The van der Waals surface area contributed by atoms with Gasteiger partial charge in [-0.15, -0.1) is 11.8 Å². The summed E-state index contributed by atoms with van der Waals surface area (Å²) in [5, 5.41) is 0. The molecule has 0 spiro atoms. The molecule has 0 unspecified atom stereocenters.